The fourth-order valence-corrected chi connectivity index (χ4v) is 6.07. The Kier molecular flexibility index (Phi) is 3.51. The van der Waals surface area contributed by atoms with Crippen molar-refractivity contribution in [1.82, 2.24) is 15.1 Å². The van der Waals surface area contributed by atoms with Crippen molar-refractivity contribution in [3.05, 3.63) is 17.5 Å². The van der Waals surface area contributed by atoms with Gasteiger partial charge < -0.3 is 4.90 Å². The van der Waals surface area contributed by atoms with E-state index in [2.05, 4.69) is 10.2 Å². The number of H-pyrrole nitrogens is 1. The van der Waals surface area contributed by atoms with Gasteiger partial charge >= 0.3 is 0 Å². The molecule has 2 fully saturated rings. The normalized spacial score (nSPS) is 30.5. The van der Waals surface area contributed by atoms with Crippen LogP contribution < -0.4 is 0 Å². The van der Waals surface area contributed by atoms with Crippen molar-refractivity contribution >= 4 is 15.7 Å². The molecule has 126 valence electrons. The quantitative estimate of drug-likeness (QED) is 0.830. The van der Waals surface area contributed by atoms with Gasteiger partial charge in [-0.3, -0.25) is 9.89 Å². The molecule has 1 amide bonds. The lowest BCUT2D eigenvalue weighted by Crippen LogP contribution is -2.50. The monoisotopic (exact) mass is 337 g/mol. The summed E-state index contributed by atoms with van der Waals surface area (Å²) >= 11 is 0. The van der Waals surface area contributed by atoms with Crippen molar-refractivity contribution in [2.24, 2.45) is 5.92 Å². The standard InChI is InChI=1S/C16H23N3O3S/c20-15(12-3-8-23(21,22)9-4-12)19-7-1-5-16(11-19)6-2-13-10-17-18-14(13)16/h10,12H,1-9,11H2,(H,17,18). The molecule has 2 saturated heterocycles. The van der Waals surface area contributed by atoms with Gasteiger partial charge in [0.05, 0.1) is 17.7 Å². The largest absolute Gasteiger partial charge is 0.342 e. The van der Waals surface area contributed by atoms with Gasteiger partial charge in [-0.05, 0) is 44.1 Å². The van der Waals surface area contributed by atoms with Crippen LogP contribution in [0, 0.1) is 5.92 Å². The van der Waals surface area contributed by atoms with E-state index in [0.29, 0.717) is 12.8 Å². The molecule has 0 saturated carbocycles. The third-order valence-corrected chi connectivity index (χ3v) is 7.63. The van der Waals surface area contributed by atoms with Crippen molar-refractivity contribution in [1.29, 1.82) is 0 Å². The second-order valence-electron chi connectivity index (χ2n) is 7.34. The number of hydrogen-bond donors (Lipinski definition) is 1. The van der Waals surface area contributed by atoms with Gasteiger partial charge in [0.15, 0.2) is 0 Å². The molecular weight excluding hydrogens is 314 g/mol. The summed E-state index contributed by atoms with van der Waals surface area (Å²) in [7, 11) is -2.92. The Bertz CT molecular complexity index is 713. The van der Waals surface area contributed by atoms with Crippen molar-refractivity contribution in [3.8, 4) is 0 Å². The molecule has 6 nitrogen and oxygen atoms in total. The molecule has 3 aliphatic rings. The van der Waals surface area contributed by atoms with Gasteiger partial charge in [0, 0.05) is 30.1 Å². The number of rotatable bonds is 1. The summed E-state index contributed by atoms with van der Waals surface area (Å²) in [5.41, 5.74) is 2.56. The number of carbonyl (C=O) groups is 1. The number of sulfone groups is 1. The smallest absolute Gasteiger partial charge is 0.225 e. The number of aryl methyl sites for hydroxylation is 1. The minimum absolute atomic E-state index is 0.0421. The first-order valence-electron chi connectivity index (χ1n) is 8.51. The fourth-order valence-electron chi connectivity index (χ4n) is 4.58. The van der Waals surface area contributed by atoms with Gasteiger partial charge in [0.1, 0.15) is 9.84 Å². The van der Waals surface area contributed by atoms with Crippen molar-refractivity contribution in [2.75, 3.05) is 24.6 Å². The molecule has 2 aliphatic heterocycles. The molecule has 0 aromatic carbocycles. The number of aromatic nitrogens is 2. The molecule has 1 aliphatic carbocycles. The van der Waals surface area contributed by atoms with Crippen molar-refractivity contribution in [2.45, 2.75) is 43.9 Å². The molecule has 1 unspecified atom stereocenters. The maximum absolute atomic E-state index is 12.9. The molecule has 1 aromatic rings. The van der Waals surface area contributed by atoms with E-state index in [9.17, 15) is 13.2 Å². The summed E-state index contributed by atoms with van der Waals surface area (Å²) in [4.78, 5) is 14.8. The Hall–Kier alpha value is -1.37. The van der Waals surface area contributed by atoms with Crippen LogP contribution in [0.5, 0.6) is 0 Å². The third-order valence-electron chi connectivity index (χ3n) is 5.91. The Morgan fingerprint density at radius 2 is 2.09 bits per heavy atom. The number of nitrogens with zero attached hydrogens (tertiary/aromatic N) is 2. The number of amides is 1. The van der Waals surface area contributed by atoms with Crippen LogP contribution in [0.25, 0.3) is 0 Å². The summed E-state index contributed by atoms with van der Waals surface area (Å²) in [6.45, 7) is 1.55. The zero-order valence-electron chi connectivity index (χ0n) is 13.3. The Labute approximate surface area is 136 Å². The minimum Gasteiger partial charge on any atom is -0.342 e. The number of nitrogens with one attached hydrogen (secondary N) is 1. The van der Waals surface area contributed by atoms with E-state index >= 15 is 0 Å². The van der Waals surface area contributed by atoms with Crippen LogP contribution in [-0.4, -0.2) is 54.0 Å². The van der Waals surface area contributed by atoms with Crippen LogP contribution in [-0.2, 0) is 26.5 Å². The lowest BCUT2D eigenvalue weighted by molar-refractivity contribution is -0.138. The fraction of sp³-hybridized carbons (Fsp3) is 0.750. The van der Waals surface area contributed by atoms with E-state index in [1.54, 1.807) is 0 Å². The molecule has 1 spiro atoms. The lowest BCUT2D eigenvalue weighted by Gasteiger charge is -2.42. The predicted molar refractivity (Wildman–Crippen MR) is 85.8 cm³/mol. The number of likely N-dealkylation sites (tertiary alicyclic amines) is 1. The van der Waals surface area contributed by atoms with E-state index in [1.807, 2.05) is 11.1 Å². The molecule has 3 heterocycles. The average molecular weight is 337 g/mol. The average Bonchev–Trinajstić information content (AvgIpc) is 3.12. The van der Waals surface area contributed by atoms with Crippen LogP contribution in [0.3, 0.4) is 0 Å². The van der Waals surface area contributed by atoms with E-state index in [1.165, 1.54) is 11.3 Å². The molecule has 1 atom stereocenters. The van der Waals surface area contributed by atoms with Gasteiger partial charge in [0.25, 0.3) is 0 Å². The highest BCUT2D eigenvalue weighted by atomic mass is 32.2. The van der Waals surface area contributed by atoms with Crippen LogP contribution >= 0.6 is 0 Å². The number of hydrogen-bond acceptors (Lipinski definition) is 4. The molecule has 1 aromatic heterocycles. The first-order chi connectivity index (χ1) is 11.0. The minimum atomic E-state index is -2.92. The zero-order chi connectivity index (χ0) is 16.1. The lowest BCUT2D eigenvalue weighted by atomic mass is 9.77. The first-order valence-corrected chi connectivity index (χ1v) is 10.3. The molecule has 1 N–H and O–H groups in total. The second kappa shape index (κ2) is 5.33. The molecular formula is C16H23N3O3S. The summed E-state index contributed by atoms with van der Waals surface area (Å²) in [6, 6.07) is 0. The Balaban J connectivity index is 1.49. The van der Waals surface area contributed by atoms with E-state index in [0.717, 1.165) is 38.8 Å². The summed E-state index contributed by atoms with van der Waals surface area (Å²) in [6.07, 6.45) is 7.12. The number of fused-ring (bicyclic) bond motifs is 2. The van der Waals surface area contributed by atoms with Crippen LogP contribution in [0.2, 0.25) is 0 Å². The highest BCUT2D eigenvalue weighted by Gasteiger charge is 2.45. The summed E-state index contributed by atoms with van der Waals surface area (Å²) in [5.74, 6) is 0.364. The molecule has 0 radical (unpaired) electrons. The van der Waals surface area contributed by atoms with Crippen molar-refractivity contribution < 1.29 is 13.2 Å². The van der Waals surface area contributed by atoms with E-state index in [4.69, 9.17) is 0 Å². The summed E-state index contributed by atoms with van der Waals surface area (Å²) in [5, 5.41) is 7.33. The van der Waals surface area contributed by atoms with Gasteiger partial charge in [-0.2, -0.15) is 5.10 Å². The van der Waals surface area contributed by atoms with Gasteiger partial charge in [0.2, 0.25) is 5.91 Å². The third kappa shape index (κ3) is 2.58. The van der Waals surface area contributed by atoms with Gasteiger partial charge in [-0.25, -0.2) is 8.42 Å². The molecule has 7 heteroatoms. The number of aromatic amines is 1. The summed E-state index contributed by atoms with van der Waals surface area (Å²) < 4.78 is 23.1. The maximum Gasteiger partial charge on any atom is 0.225 e. The maximum atomic E-state index is 12.9. The van der Waals surface area contributed by atoms with Crippen LogP contribution in [0.4, 0.5) is 0 Å². The Morgan fingerprint density at radius 1 is 1.30 bits per heavy atom. The van der Waals surface area contributed by atoms with Gasteiger partial charge in [-0.1, -0.05) is 0 Å². The van der Waals surface area contributed by atoms with Gasteiger partial charge in [-0.15, -0.1) is 0 Å². The van der Waals surface area contributed by atoms with E-state index in [-0.39, 0.29) is 28.7 Å². The molecule has 23 heavy (non-hydrogen) atoms. The zero-order valence-corrected chi connectivity index (χ0v) is 14.1. The second-order valence-corrected chi connectivity index (χ2v) is 9.64. The van der Waals surface area contributed by atoms with E-state index < -0.39 is 9.84 Å². The van der Waals surface area contributed by atoms with Crippen molar-refractivity contribution in [3.63, 3.8) is 0 Å². The number of piperidine rings is 1. The topological polar surface area (TPSA) is 83.1 Å². The SMILES string of the molecule is O=C(C1CCS(=O)(=O)CC1)N1CCCC2(CCc3cn[nH]c32)C1. The molecule has 4 rings (SSSR count). The predicted octanol–water partition coefficient (Wildman–Crippen LogP) is 1.04. The first kappa shape index (κ1) is 15.2. The number of carbonyl (C=O) groups excluding carboxylic acids is 1. The Morgan fingerprint density at radius 3 is 2.87 bits per heavy atom. The molecule has 0 bridgehead atoms. The highest BCUT2D eigenvalue weighted by molar-refractivity contribution is 7.91. The van der Waals surface area contributed by atoms with Crippen LogP contribution in [0.15, 0.2) is 6.20 Å². The van der Waals surface area contributed by atoms with Crippen LogP contribution in [0.1, 0.15) is 43.4 Å². The highest BCUT2D eigenvalue weighted by Crippen LogP contribution is 2.44.